The summed E-state index contributed by atoms with van der Waals surface area (Å²) in [5, 5.41) is 11.7. The summed E-state index contributed by atoms with van der Waals surface area (Å²) in [6.45, 7) is 5.89. The molecule has 0 aliphatic heterocycles. The molecule has 1 N–H and O–H groups in total. The lowest BCUT2D eigenvalue weighted by molar-refractivity contribution is -0.122. The minimum atomic E-state index is -0.321. The van der Waals surface area contributed by atoms with Crippen LogP contribution in [0.5, 0.6) is 0 Å². The van der Waals surface area contributed by atoms with Crippen LogP contribution in [0, 0.1) is 25.2 Å². The van der Waals surface area contributed by atoms with E-state index in [1.165, 1.54) is 15.7 Å². The molecule has 1 atom stereocenters. The lowest BCUT2D eigenvalue weighted by atomic mass is 10.0. The Balaban J connectivity index is 2.13. The van der Waals surface area contributed by atoms with Crippen LogP contribution in [0.15, 0.2) is 39.7 Å². The van der Waals surface area contributed by atoms with Crippen LogP contribution in [0.4, 0.5) is 0 Å². The number of aromatic nitrogens is 1. The van der Waals surface area contributed by atoms with Gasteiger partial charge in [0.25, 0.3) is 5.56 Å². The number of rotatable bonds is 5. The SMILES string of the molecule is Cc1ccc(C(C)NC(=O)Cn2cc(Br)cc(CC#N)c2=O)cc1C. The van der Waals surface area contributed by atoms with Crippen LogP contribution in [-0.2, 0) is 17.8 Å². The molecule has 1 aromatic carbocycles. The quantitative estimate of drug-likeness (QED) is 0.835. The van der Waals surface area contributed by atoms with Gasteiger partial charge in [-0.15, -0.1) is 0 Å². The maximum Gasteiger partial charge on any atom is 0.255 e. The fraction of sp³-hybridized carbons (Fsp3) is 0.316. The predicted octanol–water partition coefficient (Wildman–Crippen LogP) is 3.17. The van der Waals surface area contributed by atoms with E-state index in [0.717, 1.165) is 5.56 Å². The summed E-state index contributed by atoms with van der Waals surface area (Å²) in [5.41, 5.74) is 3.43. The van der Waals surface area contributed by atoms with Crippen molar-refractivity contribution in [1.29, 1.82) is 5.26 Å². The average molecular weight is 402 g/mol. The first-order chi connectivity index (χ1) is 11.8. The van der Waals surface area contributed by atoms with E-state index < -0.39 is 0 Å². The lowest BCUT2D eigenvalue weighted by Gasteiger charge is -2.16. The molecule has 25 heavy (non-hydrogen) atoms. The van der Waals surface area contributed by atoms with Crippen molar-refractivity contribution in [2.75, 3.05) is 0 Å². The standard InChI is InChI=1S/C19H20BrN3O2/c1-12-4-5-15(8-13(12)2)14(3)22-18(24)11-23-10-17(20)9-16(6-7-21)19(23)25/h4-5,8-10,14H,6,11H2,1-3H3,(H,22,24). The third-order valence-electron chi connectivity index (χ3n) is 4.12. The molecule has 1 amide bonds. The highest BCUT2D eigenvalue weighted by Crippen LogP contribution is 2.16. The topological polar surface area (TPSA) is 74.9 Å². The zero-order valence-electron chi connectivity index (χ0n) is 14.5. The van der Waals surface area contributed by atoms with Crippen molar-refractivity contribution >= 4 is 21.8 Å². The van der Waals surface area contributed by atoms with E-state index in [1.807, 2.05) is 39.0 Å². The fourth-order valence-corrected chi connectivity index (χ4v) is 3.07. The van der Waals surface area contributed by atoms with Gasteiger partial charge in [0.2, 0.25) is 5.91 Å². The number of hydrogen-bond acceptors (Lipinski definition) is 3. The molecule has 0 saturated carbocycles. The number of benzene rings is 1. The average Bonchev–Trinajstić information content (AvgIpc) is 2.54. The Morgan fingerprint density at radius 3 is 2.68 bits per heavy atom. The zero-order valence-corrected chi connectivity index (χ0v) is 16.1. The molecular weight excluding hydrogens is 382 g/mol. The molecule has 1 heterocycles. The van der Waals surface area contributed by atoms with Gasteiger partial charge in [-0.05, 0) is 59.5 Å². The van der Waals surface area contributed by atoms with Crippen molar-refractivity contribution in [3.8, 4) is 6.07 Å². The third-order valence-corrected chi connectivity index (χ3v) is 4.55. The Morgan fingerprint density at radius 1 is 1.32 bits per heavy atom. The number of nitrogens with one attached hydrogen (secondary N) is 1. The number of carbonyl (C=O) groups is 1. The normalized spacial score (nSPS) is 11.6. The van der Waals surface area contributed by atoms with Gasteiger partial charge in [-0.25, -0.2) is 0 Å². The summed E-state index contributed by atoms with van der Waals surface area (Å²) in [5.74, 6) is -0.256. The Kier molecular flexibility index (Phi) is 6.16. The van der Waals surface area contributed by atoms with Crippen LogP contribution in [0.25, 0.3) is 0 Å². The van der Waals surface area contributed by atoms with Gasteiger partial charge in [0.15, 0.2) is 0 Å². The van der Waals surface area contributed by atoms with E-state index in [4.69, 9.17) is 5.26 Å². The van der Waals surface area contributed by atoms with Crippen LogP contribution in [-0.4, -0.2) is 10.5 Å². The molecule has 1 unspecified atom stereocenters. The smallest absolute Gasteiger partial charge is 0.255 e. The molecule has 2 aromatic rings. The first-order valence-corrected chi connectivity index (χ1v) is 8.73. The Labute approximate surface area is 155 Å². The van der Waals surface area contributed by atoms with E-state index in [0.29, 0.717) is 10.0 Å². The number of amides is 1. The van der Waals surface area contributed by atoms with Crippen molar-refractivity contribution in [2.24, 2.45) is 0 Å². The lowest BCUT2D eigenvalue weighted by Crippen LogP contribution is -2.34. The maximum atomic E-state index is 12.3. The molecule has 0 saturated heterocycles. The second-order valence-corrected chi connectivity index (χ2v) is 7.00. The minimum Gasteiger partial charge on any atom is -0.348 e. The third kappa shape index (κ3) is 4.80. The summed E-state index contributed by atoms with van der Waals surface area (Å²) < 4.78 is 1.98. The second-order valence-electron chi connectivity index (χ2n) is 6.08. The van der Waals surface area contributed by atoms with Crippen molar-refractivity contribution in [1.82, 2.24) is 9.88 Å². The Morgan fingerprint density at radius 2 is 2.04 bits per heavy atom. The largest absolute Gasteiger partial charge is 0.348 e. The molecule has 0 bridgehead atoms. The monoisotopic (exact) mass is 401 g/mol. The van der Waals surface area contributed by atoms with E-state index in [2.05, 4.69) is 27.3 Å². The Bertz CT molecular complexity index is 897. The minimum absolute atomic E-state index is 0.0128. The van der Waals surface area contributed by atoms with Gasteiger partial charge < -0.3 is 9.88 Å². The molecule has 1 aromatic heterocycles. The first kappa shape index (κ1) is 18.9. The van der Waals surface area contributed by atoms with Crippen molar-refractivity contribution < 1.29 is 4.79 Å². The summed E-state index contributed by atoms with van der Waals surface area (Å²) in [6.07, 6.45) is 1.57. The maximum absolute atomic E-state index is 12.3. The van der Waals surface area contributed by atoms with Crippen molar-refractivity contribution in [3.63, 3.8) is 0 Å². The summed E-state index contributed by atoms with van der Waals surface area (Å²) in [4.78, 5) is 24.6. The van der Waals surface area contributed by atoms with E-state index in [1.54, 1.807) is 12.3 Å². The van der Waals surface area contributed by atoms with E-state index >= 15 is 0 Å². The van der Waals surface area contributed by atoms with E-state index in [9.17, 15) is 9.59 Å². The summed E-state index contributed by atoms with van der Waals surface area (Å²) >= 11 is 3.31. The molecule has 130 valence electrons. The number of nitriles is 1. The fourth-order valence-electron chi connectivity index (χ4n) is 2.55. The highest BCUT2D eigenvalue weighted by atomic mass is 79.9. The summed E-state index contributed by atoms with van der Waals surface area (Å²) in [6, 6.07) is 9.48. The van der Waals surface area contributed by atoms with Gasteiger partial charge in [0.05, 0.1) is 18.5 Å². The molecule has 0 aliphatic rings. The number of hydrogen-bond donors (Lipinski definition) is 1. The molecule has 0 fully saturated rings. The van der Waals surface area contributed by atoms with Gasteiger partial charge in [-0.1, -0.05) is 18.2 Å². The number of halogens is 1. The molecule has 0 radical (unpaired) electrons. The molecule has 6 heteroatoms. The van der Waals surface area contributed by atoms with Crippen molar-refractivity contribution in [2.45, 2.75) is 39.8 Å². The first-order valence-electron chi connectivity index (χ1n) is 7.94. The van der Waals surface area contributed by atoms with E-state index in [-0.39, 0.29) is 30.5 Å². The molecule has 5 nitrogen and oxygen atoms in total. The zero-order chi connectivity index (χ0) is 18.6. The summed E-state index contributed by atoms with van der Waals surface area (Å²) in [7, 11) is 0. The Hall–Kier alpha value is -2.39. The molecular formula is C19H20BrN3O2. The number of pyridine rings is 1. The van der Waals surface area contributed by atoms with Crippen LogP contribution in [0.1, 0.15) is 35.2 Å². The van der Waals surface area contributed by atoms with Crippen LogP contribution in [0.3, 0.4) is 0 Å². The molecule has 0 spiro atoms. The van der Waals surface area contributed by atoms with Gasteiger partial charge in [-0.2, -0.15) is 5.26 Å². The van der Waals surface area contributed by atoms with Gasteiger partial charge >= 0.3 is 0 Å². The molecule has 2 rings (SSSR count). The highest BCUT2D eigenvalue weighted by Gasteiger charge is 2.13. The molecule has 0 aliphatic carbocycles. The number of nitrogens with zero attached hydrogens (tertiary/aromatic N) is 2. The van der Waals surface area contributed by atoms with Crippen molar-refractivity contribution in [3.05, 3.63) is 67.5 Å². The predicted molar refractivity (Wildman–Crippen MR) is 100 cm³/mol. The second kappa shape index (κ2) is 8.13. The number of aryl methyl sites for hydroxylation is 2. The van der Waals surface area contributed by atoms with Crippen LogP contribution < -0.4 is 10.9 Å². The highest BCUT2D eigenvalue weighted by molar-refractivity contribution is 9.10. The van der Waals surface area contributed by atoms with Crippen LogP contribution in [0.2, 0.25) is 0 Å². The van der Waals surface area contributed by atoms with Crippen LogP contribution >= 0.6 is 15.9 Å². The van der Waals surface area contributed by atoms with Gasteiger partial charge in [0.1, 0.15) is 6.54 Å². The number of carbonyl (C=O) groups excluding carboxylic acids is 1. The van der Waals surface area contributed by atoms with Gasteiger partial charge in [-0.3, -0.25) is 9.59 Å². The van der Waals surface area contributed by atoms with Gasteiger partial charge in [0, 0.05) is 16.2 Å².